The van der Waals surface area contributed by atoms with Gasteiger partial charge in [0.15, 0.2) is 0 Å². The van der Waals surface area contributed by atoms with Crippen molar-refractivity contribution in [2.24, 2.45) is 0 Å². The molecule has 2 aliphatic rings. The quantitative estimate of drug-likeness (QED) is 0.766. The van der Waals surface area contributed by atoms with E-state index in [9.17, 15) is 9.90 Å². The van der Waals surface area contributed by atoms with Gasteiger partial charge in [-0.2, -0.15) is 0 Å². The van der Waals surface area contributed by atoms with E-state index < -0.39 is 0 Å². The smallest absolute Gasteiger partial charge is 0.244 e. The zero-order valence-electron chi connectivity index (χ0n) is 10.3. The Morgan fingerprint density at radius 3 is 3.00 bits per heavy atom. The Balaban J connectivity index is 1.83. The number of nitrogens with zero attached hydrogens (tertiary/aromatic N) is 1. The van der Waals surface area contributed by atoms with Crippen LogP contribution in [0.25, 0.3) is 0 Å². The maximum absolute atomic E-state index is 12.5. The molecule has 1 aromatic carbocycles. The number of fused-ring (bicyclic) bond motifs is 1. The van der Waals surface area contributed by atoms with Crippen LogP contribution in [-0.2, 0) is 11.2 Å². The Morgan fingerprint density at radius 2 is 2.22 bits per heavy atom. The van der Waals surface area contributed by atoms with Gasteiger partial charge < -0.3 is 15.3 Å². The van der Waals surface area contributed by atoms with Gasteiger partial charge in [0.05, 0.1) is 12.1 Å². The summed E-state index contributed by atoms with van der Waals surface area (Å²) in [5.41, 5.74) is 2.28. The molecule has 4 heteroatoms. The highest BCUT2D eigenvalue weighted by Crippen LogP contribution is 2.28. The van der Waals surface area contributed by atoms with Crippen LogP contribution >= 0.6 is 0 Å². The van der Waals surface area contributed by atoms with Crippen molar-refractivity contribution in [3.05, 3.63) is 29.8 Å². The fraction of sp³-hybridized carbons (Fsp3) is 0.500. The van der Waals surface area contributed by atoms with Gasteiger partial charge in [0.25, 0.3) is 0 Å². The van der Waals surface area contributed by atoms with E-state index in [1.165, 1.54) is 5.56 Å². The van der Waals surface area contributed by atoms with Crippen LogP contribution in [0.2, 0.25) is 0 Å². The first-order valence-corrected chi connectivity index (χ1v) is 6.56. The lowest BCUT2D eigenvalue weighted by Crippen LogP contribution is -2.45. The van der Waals surface area contributed by atoms with Gasteiger partial charge in [0.2, 0.25) is 5.91 Å². The molecule has 1 aromatic rings. The highest BCUT2D eigenvalue weighted by Gasteiger charge is 2.33. The summed E-state index contributed by atoms with van der Waals surface area (Å²) in [5.74, 6) is 0.0960. The highest BCUT2D eigenvalue weighted by molar-refractivity contribution is 5.98. The van der Waals surface area contributed by atoms with Gasteiger partial charge in [-0.1, -0.05) is 18.2 Å². The number of aryl methyl sites for hydroxylation is 1. The number of rotatable bonds is 1. The SMILES string of the molecule is O=C(C1CC(O)CN1)N1CCCc2ccccc21. The Labute approximate surface area is 107 Å². The number of para-hydroxylation sites is 1. The summed E-state index contributed by atoms with van der Waals surface area (Å²) in [5, 5.41) is 12.6. The predicted octanol–water partition coefficient (Wildman–Crippen LogP) is 0.689. The molecule has 0 saturated carbocycles. The number of carbonyl (C=O) groups excluding carboxylic acids is 1. The minimum Gasteiger partial charge on any atom is -0.392 e. The summed E-state index contributed by atoms with van der Waals surface area (Å²) in [6.07, 6.45) is 2.19. The third-order valence-electron chi connectivity index (χ3n) is 3.78. The van der Waals surface area contributed by atoms with Crippen LogP contribution in [0.4, 0.5) is 5.69 Å². The fourth-order valence-electron chi connectivity index (χ4n) is 2.86. The largest absolute Gasteiger partial charge is 0.392 e. The Bertz CT molecular complexity index is 461. The molecular weight excluding hydrogens is 228 g/mol. The second kappa shape index (κ2) is 4.71. The molecule has 0 aromatic heterocycles. The molecule has 0 bridgehead atoms. The number of hydrogen-bond acceptors (Lipinski definition) is 3. The number of aliphatic hydroxyl groups is 1. The summed E-state index contributed by atoms with van der Waals surface area (Å²) in [4.78, 5) is 14.3. The number of hydrogen-bond donors (Lipinski definition) is 2. The van der Waals surface area contributed by atoms with Gasteiger partial charge in [-0.3, -0.25) is 4.79 Å². The van der Waals surface area contributed by atoms with Crippen molar-refractivity contribution in [3.63, 3.8) is 0 Å². The van der Waals surface area contributed by atoms with Crippen molar-refractivity contribution in [2.75, 3.05) is 18.0 Å². The van der Waals surface area contributed by atoms with Crippen LogP contribution in [0.1, 0.15) is 18.4 Å². The normalized spacial score (nSPS) is 27.1. The Kier molecular flexibility index (Phi) is 3.06. The van der Waals surface area contributed by atoms with Gasteiger partial charge in [-0.25, -0.2) is 0 Å². The highest BCUT2D eigenvalue weighted by atomic mass is 16.3. The van der Waals surface area contributed by atoms with Gasteiger partial charge in [0.1, 0.15) is 0 Å². The average Bonchev–Trinajstić information content (AvgIpc) is 2.84. The van der Waals surface area contributed by atoms with Crippen LogP contribution < -0.4 is 10.2 Å². The van der Waals surface area contributed by atoms with Crippen LogP contribution in [0.3, 0.4) is 0 Å². The molecule has 1 amide bonds. The molecule has 2 unspecified atom stereocenters. The second-order valence-corrected chi connectivity index (χ2v) is 5.07. The minimum atomic E-state index is -0.390. The number of aliphatic hydroxyl groups excluding tert-OH is 1. The molecule has 1 saturated heterocycles. The molecule has 2 atom stereocenters. The maximum Gasteiger partial charge on any atom is 0.244 e. The number of benzene rings is 1. The number of β-amino-alcohol motifs (C(OH)–C–C–N with tert-alkyl or cyclic N) is 1. The fourth-order valence-corrected chi connectivity index (χ4v) is 2.86. The summed E-state index contributed by atoms with van der Waals surface area (Å²) in [7, 11) is 0. The van der Waals surface area contributed by atoms with Crippen LogP contribution in [0.15, 0.2) is 24.3 Å². The third kappa shape index (κ3) is 2.02. The lowest BCUT2D eigenvalue weighted by atomic mass is 10.0. The standard InChI is InChI=1S/C14H18N2O2/c17-11-8-12(15-9-11)14(18)16-7-3-5-10-4-1-2-6-13(10)16/h1-2,4,6,11-12,15,17H,3,5,7-9H2. The van der Waals surface area contributed by atoms with Crippen molar-refractivity contribution in [3.8, 4) is 0 Å². The number of amides is 1. The monoisotopic (exact) mass is 246 g/mol. The Hall–Kier alpha value is -1.39. The Morgan fingerprint density at radius 1 is 1.39 bits per heavy atom. The molecule has 0 spiro atoms. The van der Waals surface area contributed by atoms with Gasteiger partial charge >= 0.3 is 0 Å². The lowest BCUT2D eigenvalue weighted by molar-refractivity contribution is -0.120. The molecule has 0 radical (unpaired) electrons. The average molecular weight is 246 g/mol. The molecular formula is C14H18N2O2. The van der Waals surface area contributed by atoms with E-state index in [-0.39, 0.29) is 18.1 Å². The summed E-state index contributed by atoms with van der Waals surface area (Å²) < 4.78 is 0. The molecule has 1 fully saturated rings. The molecule has 2 aliphatic heterocycles. The minimum absolute atomic E-state index is 0.0960. The molecule has 3 rings (SSSR count). The summed E-state index contributed by atoms with van der Waals surface area (Å²) in [6, 6.07) is 7.86. The number of carbonyl (C=O) groups is 1. The molecule has 4 nitrogen and oxygen atoms in total. The first-order valence-electron chi connectivity index (χ1n) is 6.56. The molecule has 2 heterocycles. The first kappa shape index (κ1) is 11.7. The first-order chi connectivity index (χ1) is 8.75. The number of nitrogens with one attached hydrogen (secondary N) is 1. The lowest BCUT2D eigenvalue weighted by Gasteiger charge is -2.31. The van der Waals surface area contributed by atoms with Gasteiger partial charge in [-0.15, -0.1) is 0 Å². The van der Waals surface area contributed by atoms with E-state index in [2.05, 4.69) is 11.4 Å². The van der Waals surface area contributed by atoms with E-state index in [1.807, 2.05) is 23.1 Å². The molecule has 2 N–H and O–H groups in total. The zero-order valence-corrected chi connectivity index (χ0v) is 10.3. The van der Waals surface area contributed by atoms with Crippen molar-refractivity contribution in [1.82, 2.24) is 5.32 Å². The predicted molar refractivity (Wildman–Crippen MR) is 69.5 cm³/mol. The van der Waals surface area contributed by atoms with Gasteiger partial charge in [0, 0.05) is 18.8 Å². The van der Waals surface area contributed by atoms with Crippen molar-refractivity contribution in [1.29, 1.82) is 0 Å². The zero-order chi connectivity index (χ0) is 12.5. The second-order valence-electron chi connectivity index (χ2n) is 5.07. The summed E-state index contributed by atoms with van der Waals surface area (Å²) >= 11 is 0. The van der Waals surface area contributed by atoms with Crippen molar-refractivity contribution >= 4 is 11.6 Å². The molecule has 18 heavy (non-hydrogen) atoms. The molecule has 96 valence electrons. The van der Waals surface area contributed by atoms with E-state index in [0.717, 1.165) is 25.1 Å². The van der Waals surface area contributed by atoms with Crippen LogP contribution in [-0.4, -0.2) is 36.2 Å². The maximum atomic E-state index is 12.5. The van der Waals surface area contributed by atoms with E-state index >= 15 is 0 Å². The topological polar surface area (TPSA) is 52.6 Å². The van der Waals surface area contributed by atoms with Gasteiger partial charge in [-0.05, 0) is 30.9 Å². The third-order valence-corrected chi connectivity index (χ3v) is 3.78. The molecule has 0 aliphatic carbocycles. The van der Waals surface area contributed by atoms with Crippen molar-refractivity contribution < 1.29 is 9.90 Å². The van der Waals surface area contributed by atoms with Crippen molar-refractivity contribution in [2.45, 2.75) is 31.4 Å². The van der Waals surface area contributed by atoms with E-state index in [4.69, 9.17) is 0 Å². The number of anilines is 1. The summed E-state index contributed by atoms with van der Waals surface area (Å²) in [6.45, 7) is 1.30. The van der Waals surface area contributed by atoms with E-state index in [0.29, 0.717) is 13.0 Å². The van der Waals surface area contributed by atoms with Crippen LogP contribution in [0.5, 0.6) is 0 Å². The van der Waals surface area contributed by atoms with E-state index in [1.54, 1.807) is 0 Å². The van der Waals surface area contributed by atoms with Crippen LogP contribution in [0, 0.1) is 0 Å².